The van der Waals surface area contributed by atoms with Crippen molar-refractivity contribution in [3.8, 4) is 11.1 Å². The summed E-state index contributed by atoms with van der Waals surface area (Å²) in [6.07, 6.45) is 5.06. The van der Waals surface area contributed by atoms with Gasteiger partial charge in [-0.25, -0.2) is 4.98 Å². The fourth-order valence-electron chi connectivity index (χ4n) is 3.41. The highest BCUT2D eigenvalue weighted by atomic mass is 16.2. The predicted molar refractivity (Wildman–Crippen MR) is 107 cm³/mol. The Labute approximate surface area is 167 Å². The fraction of sp³-hybridized carbons (Fsp3) is 0.136. The maximum atomic E-state index is 12.5. The van der Waals surface area contributed by atoms with Crippen LogP contribution in [0, 0.1) is 6.92 Å². The maximum Gasteiger partial charge on any atom is 0.261 e. The van der Waals surface area contributed by atoms with Gasteiger partial charge in [0.25, 0.3) is 11.8 Å². The number of aryl methyl sites for hydroxylation is 1. The zero-order valence-corrected chi connectivity index (χ0v) is 16.0. The van der Waals surface area contributed by atoms with E-state index in [1.54, 1.807) is 36.8 Å². The van der Waals surface area contributed by atoms with Gasteiger partial charge in [0.1, 0.15) is 5.82 Å². The van der Waals surface area contributed by atoms with Crippen molar-refractivity contribution >= 4 is 23.5 Å². The molecule has 0 saturated carbocycles. The molecule has 7 nitrogen and oxygen atoms in total. The van der Waals surface area contributed by atoms with Gasteiger partial charge in [-0.2, -0.15) is 0 Å². The number of aromatic nitrogens is 2. The van der Waals surface area contributed by atoms with Crippen LogP contribution in [0.2, 0.25) is 0 Å². The number of benzene rings is 1. The number of anilines is 1. The number of rotatable bonds is 4. The zero-order valence-electron chi connectivity index (χ0n) is 16.0. The number of nitrogens with zero attached hydrogens (tertiary/aromatic N) is 3. The first kappa shape index (κ1) is 18.5. The van der Waals surface area contributed by atoms with Gasteiger partial charge in [0, 0.05) is 31.2 Å². The minimum atomic E-state index is -0.382. The van der Waals surface area contributed by atoms with Crippen LogP contribution in [0.15, 0.2) is 55.0 Å². The second kappa shape index (κ2) is 7.27. The molecule has 0 unspecified atom stereocenters. The Hall–Kier alpha value is -3.87. The third-order valence-corrected chi connectivity index (χ3v) is 4.81. The van der Waals surface area contributed by atoms with Crippen molar-refractivity contribution < 1.29 is 14.4 Å². The molecule has 3 aromatic rings. The molecule has 1 N–H and O–H groups in total. The minimum Gasteiger partial charge on any atom is -0.310 e. The van der Waals surface area contributed by atoms with Crippen molar-refractivity contribution in [3.63, 3.8) is 0 Å². The second-order valence-corrected chi connectivity index (χ2v) is 6.91. The highest BCUT2D eigenvalue weighted by molar-refractivity contribution is 6.22. The molecular weight excluding hydrogens is 368 g/mol. The first-order chi connectivity index (χ1) is 13.9. The Kier molecular flexibility index (Phi) is 4.64. The Morgan fingerprint density at radius 1 is 1.03 bits per heavy atom. The van der Waals surface area contributed by atoms with Crippen molar-refractivity contribution in [1.82, 2.24) is 14.9 Å². The minimum absolute atomic E-state index is 0.0232. The Morgan fingerprint density at radius 3 is 2.48 bits per heavy atom. The molecule has 1 aliphatic heterocycles. The monoisotopic (exact) mass is 386 g/mol. The predicted octanol–water partition coefficient (Wildman–Crippen LogP) is 2.86. The van der Waals surface area contributed by atoms with Crippen molar-refractivity contribution in [2.45, 2.75) is 13.3 Å². The lowest BCUT2D eigenvalue weighted by molar-refractivity contribution is -0.115. The Balaban J connectivity index is 1.52. The number of imide groups is 1. The van der Waals surface area contributed by atoms with Gasteiger partial charge in [0.05, 0.1) is 17.5 Å². The van der Waals surface area contributed by atoms with Crippen LogP contribution in [0.3, 0.4) is 0 Å². The van der Waals surface area contributed by atoms with Crippen LogP contribution in [0.25, 0.3) is 11.1 Å². The summed E-state index contributed by atoms with van der Waals surface area (Å²) in [5.41, 5.74) is 3.90. The highest BCUT2D eigenvalue weighted by Gasteiger charge is 2.35. The molecule has 0 spiro atoms. The van der Waals surface area contributed by atoms with Gasteiger partial charge in [0.15, 0.2) is 0 Å². The molecule has 2 aromatic heterocycles. The van der Waals surface area contributed by atoms with Crippen molar-refractivity contribution in [1.29, 1.82) is 0 Å². The van der Waals surface area contributed by atoms with Gasteiger partial charge in [-0.3, -0.25) is 24.3 Å². The van der Waals surface area contributed by atoms with E-state index in [-0.39, 0.29) is 24.1 Å². The smallest absolute Gasteiger partial charge is 0.261 e. The standard InChI is InChI=1S/C22H18N4O3/c1-13-9-16(20-17(10-13)21(28)26(2)22(20)29)11-19(27)25-18-4-3-15(12-24-18)14-5-7-23-8-6-14/h3-10,12H,11H2,1-2H3,(H,24,25,27). The molecule has 0 atom stereocenters. The van der Waals surface area contributed by atoms with E-state index in [0.29, 0.717) is 22.5 Å². The molecule has 7 heteroatoms. The van der Waals surface area contributed by atoms with Crippen LogP contribution in [-0.2, 0) is 11.2 Å². The van der Waals surface area contributed by atoms with Gasteiger partial charge in [-0.15, -0.1) is 0 Å². The van der Waals surface area contributed by atoms with Crippen molar-refractivity contribution in [2.75, 3.05) is 12.4 Å². The summed E-state index contributed by atoms with van der Waals surface area (Å²) in [6.45, 7) is 1.83. The van der Waals surface area contributed by atoms with E-state index in [2.05, 4.69) is 15.3 Å². The van der Waals surface area contributed by atoms with E-state index < -0.39 is 0 Å². The Bertz CT molecular complexity index is 1120. The average Bonchev–Trinajstić information content (AvgIpc) is 2.93. The highest BCUT2D eigenvalue weighted by Crippen LogP contribution is 2.27. The Morgan fingerprint density at radius 2 is 1.79 bits per heavy atom. The fourth-order valence-corrected chi connectivity index (χ4v) is 3.41. The van der Waals surface area contributed by atoms with E-state index in [0.717, 1.165) is 21.6 Å². The summed E-state index contributed by atoms with van der Waals surface area (Å²) in [5.74, 6) is -0.621. The summed E-state index contributed by atoms with van der Waals surface area (Å²) in [6, 6.07) is 10.8. The number of hydrogen-bond acceptors (Lipinski definition) is 5. The van der Waals surface area contributed by atoms with E-state index in [1.165, 1.54) is 7.05 Å². The first-order valence-corrected chi connectivity index (χ1v) is 9.06. The normalized spacial score (nSPS) is 12.8. The quantitative estimate of drug-likeness (QED) is 0.696. The largest absolute Gasteiger partial charge is 0.310 e. The van der Waals surface area contributed by atoms with Crippen molar-refractivity contribution in [2.24, 2.45) is 0 Å². The molecule has 29 heavy (non-hydrogen) atoms. The number of amides is 3. The lowest BCUT2D eigenvalue weighted by Crippen LogP contribution is -2.24. The number of pyridine rings is 2. The molecule has 3 heterocycles. The van der Waals surface area contributed by atoms with Crippen LogP contribution in [0.4, 0.5) is 5.82 Å². The summed E-state index contributed by atoms with van der Waals surface area (Å²) >= 11 is 0. The van der Waals surface area contributed by atoms with Crippen LogP contribution in [0.1, 0.15) is 31.8 Å². The third kappa shape index (κ3) is 3.50. The SMILES string of the molecule is Cc1cc(CC(=O)Nc2ccc(-c3ccncc3)cn2)c2c(c1)C(=O)N(C)C2=O. The van der Waals surface area contributed by atoms with Gasteiger partial charge in [0.2, 0.25) is 5.91 Å². The van der Waals surface area contributed by atoms with E-state index in [4.69, 9.17) is 0 Å². The molecule has 1 aromatic carbocycles. The van der Waals surface area contributed by atoms with Gasteiger partial charge in [-0.05, 0) is 53.9 Å². The zero-order chi connectivity index (χ0) is 20.5. The molecular formula is C22H18N4O3. The lowest BCUT2D eigenvalue weighted by Gasteiger charge is -2.09. The molecule has 0 fully saturated rings. The summed E-state index contributed by atoms with van der Waals surface area (Å²) in [4.78, 5) is 46.5. The number of nitrogens with one attached hydrogen (secondary N) is 1. The molecule has 1 aliphatic rings. The lowest BCUT2D eigenvalue weighted by atomic mass is 9.97. The number of carbonyl (C=O) groups excluding carboxylic acids is 3. The summed E-state index contributed by atoms with van der Waals surface area (Å²) in [5, 5.41) is 2.74. The second-order valence-electron chi connectivity index (χ2n) is 6.91. The molecule has 0 saturated heterocycles. The van der Waals surface area contributed by atoms with E-state index >= 15 is 0 Å². The van der Waals surface area contributed by atoms with Crippen LogP contribution >= 0.6 is 0 Å². The third-order valence-electron chi connectivity index (χ3n) is 4.81. The molecule has 0 bridgehead atoms. The topological polar surface area (TPSA) is 92.3 Å². The van der Waals surface area contributed by atoms with E-state index in [1.807, 2.05) is 25.1 Å². The van der Waals surface area contributed by atoms with Gasteiger partial charge < -0.3 is 5.32 Å². The van der Waals surface area contributed by atoms with Crippen LogP contribution < -0.4 is 5.32 Å². The summed E-state index contributed by atoms with van der Waals surface area (Å²) < 4.78 is 0. The maximum absolute atomic E-state index is 12.5. The number of fused-ring (bicyclic) bond motifs is 1. The van der Waals surface area contributed by atoms with Crippen LogP contribution in [-0.4, -0.2) is 39.6 Å². The first-order valence-electron chi connectivity index (χ1n) is 9.06. The van der Waals surface area contributed by atoms with E-state index in [9.17, 15) is 14.4 Å². The van der Waals surface area contributed by atoms with Crippen molar-refractivity contribution in [3.05, 3.63) is 77.2 Å². The molecule has 0 radical (unpaired) electrons. The van der Waals surface area contributed by atoms with Gasteiger partial charge >= 0.3 is 0 Å². The molecule has 3 amide bonds. The average molecular weight is 386 g/mol. The molecule has 4 rings (SSSR count). The van der Waals surface area contributed by atoms with Crippen LogP contribution in [0.5, 0.6) is 0 Å². The molecule has 144 valence electrons. The number of hydrogen-bond donors (Lipinski definition) is 1. The van der Waals surface area contributed by atoms with Gasteiger partial charge in [-0.1, -0.05) is 6.07 Å². The summed E-state index contributed by atoms with van der Waals surface area (Å²) in [7, 11) is 1.44. The number of carbonyl (C=O) groups is 3. The molecule has 0 aliphatic carbocycles.